The lowest BCUT2D eigenvalue weighted by molar-refractivity contribution is 0.312. The summed E-state index contributed by atoms with van der Waals surface area (Å²) in [6.45, 7) is 7.70. The molecule has 0 aromatic heterocycles. The number of hydrogen-bond acceptors (Lipinski definition) is 1. The van der Waals surface area contributed by atoms with Crippen molar-refractivity contribution in [1.29, 1.82) is 0 Å². The van der Waals surface area contributed by atoms with Crippen LogP contribution in [0.4, 0.5) is 0 Å². The number of rotatable bonds is 9. The Bertz CT molecular complexity index is 387. The summed E-state index contributed by atoms with van der Waals surface area (Å²) < 4.78 is 0. The van der Waals surface area contributed by atoms with Crippen molar-refractivity contribution in [3.05, 3.63) is 33.8 Å². The normalized spacial score (nSPS) is 12.9. The summed E-state index contributed by atoms with van der Waals surface area (Å²) in [5, 5.41) is 5.14. The second-order valence-electron chi connectivity index (χ2n) is 5.44. The Morgan fingerprint density at radius 1 is 1.05 bits per heavy atom. The van der Waals surface area contributed by atoms with E-state index in [-0.39, 0.29) is 0 Å². The predicted octanol–water partition coefficient (Wildman–Crippen LogP) is 5.73. The molecule has 1 aromatic rings. The molecule has 1 unspecified atom stereocenters. The minimum Gasteiger partial charge on any atom is -0.314 e. The van der Waals surface area contributed by atoms with E-state index in [9.17, 15) is 0 Å². The fourth-order valence-corrected chi connectivity index (χ4v) is 3.37. The highest BCUT2D eigenvalue weighted by Crippen LogP contribution is 2.26. The summed E-state index contributed by atoms with van der Waals surface area (Å²) in [7, 11) is 0. The molecule has 0 heterocycles. The maximum absolute atomic E-state index is 6.32. The molecule has 0 saturated carbocycles. The van der Waals surface area contributed by atoms with Crippen LogP contribution in [-0.4, -0.2) is 12.6 Å². The van der Waals surface area contributed by atoms with Gasteiger partial charge in [0.2, 0.25) is 0 Å². The smallest absolute Gasteiger partial charge is 0.0453 e. The molecule has 0 aliphatic rings. The highest BCUT2D eigenvalue weighted by atomic mass is 35.5. The number of hydrogen-bond donors (Lipinski definition) is 1. The van der Waals surface area contributed by atoms with Crippen LogP contribution in [0.5, 0.6) is 0 Å². The molecule has 114 valence electrons. The van der Waals surface area contributed by atoms with Crippen molar-refractivity contribution in [3.63, 3.8) is 0 Å². The second kappa shape index (κ2) is 9.65. The molecule has 1 atom stereocenters. The topological polar surface area (TPSA) is 12.0 Å². The Kier molecular flexibility index (Phi) is 8.60. The van der Waals surface area contributed by atoms with Crippen LogP contribution in [0.2, 0.25) is 10.0 Å². The van der Waals surface area contributed by atoms with Gasteiger partial charge in [-0.15, -0.1) is 0 Å². The number of halogens is 2. The minimum atomic E-state index is 0.499. The summed E-state index contributed by atoms with van der Waals surface area (Å²) in [6.07, 6.45) is 6.00. The number of nitrogens with one attached hydrogen (secondary N) is 1. The van der Waals surface area contributed by atoms with E-state index in [0.717, 1.165) is 23.9 Å². The van der Waals surface area contributed by atoms with Gasteiger partial charge in [0.25, 0.3) is 0 Å². The standard InChI is InChI=1S/C17H27Cl2N/c1-4-7-13(8-5-2)17(20-6-3)11-14-9-10-15(18)12-16(14)19/h9-10,12-13,17,20H,4-8,11H2,1-3H3. The third-order valence-corrected chi connectivity index (χ3v) is 4.40. The first kappa shape index (κ1) is 17.8. The van der Waals surface area contributed by atoms with Crippen LogP contribution in [-0.2, 0) is 6.42 Å². The zero-order chi connectivity index (χ0) is 15.0. The highest BCUT2D eigenvalue weighted by molar-refractivity contribution is 6.35. The van der Waals surface area contributed by atoms with E-state index >= 15 is 0 Å². The van der Waals surface area contributed by atoms with E-state index in [1.807, 2.05) is 12.1 Å². The van der Waals surface area contributed by atoms with Crippen LogP contribution in [0.25, 0.3) is 0 Å². The zero-order valence-electron chi connectivity index (χ0n) is 12.9. The van der Waals surface area contributed by atoms with Gasteiger partial charge in [-0.05, 0) is 49.4 Å². The predicted molar refractivity (Wildman–Crippen MR) is 90.9 cm³/mol. The molecule has 0 amide bonds. The molecule has 1 rings (SSSR count). The lowest BCUT2D eigenvalue weighted by Crippen LogP contribution is -2.38. The largest absolute Gasteiger partial charge is 0.314 e. The van der Waals surface area contributed by atoms with Crippen LogP contribution >= 0.6 is 23.2 Å². The highest BCUT2D eigenvalue weighted by Gasteiger charge is 2.20. The molecule has 1 N–H and O–H groups in total. The second-order valence-corrected chi connectivity index (χ2v) is 6.29. The van der Waals surface area contributed by atoms with Crippen LogP contribution in [0.1, 0.15) is 52.0 Å². The lowest BCUT2D eigenvalue weighted by Gasteiger charge is -2.28. The van der Waals surface area contributed by atoms with Gasteiger partial charge in [-0.1, -0.05) is 62.9 Å². The summed E-state index contributed by atoms with van der Waals surface area (Å²) in [4.78, 5) is 0. The first-order chi connectivity index (χ1) is 9.62. The van der Waals surface area contributed by atoms with Crippen molar-refractivity contribution in [2.45, 2.75) is 58.9 Å². The molecule has 0 radical (unpaired) electrons. The average molecular weight is 316 g/mol. The molecular formula is C17H27Cl2N. The van der Waals surface area contributed by atoms with E-state index in [0.29, 0.717) is 11.1 Å². The van der Waals surface area contributed by atoms with Gasteiger partial charge in [0.1, 0.15) is 0 Å². The van der Waals surface area contributed by atoms with Gasteiger partial charge in [-0.3, -0.25) is 0 Å². The summed E-state index contributed by atoms with van der Waals surface area (Å²) in [6, 6.07) is 6.33. The SMILES string of the molecule is CCCC(CCC)C(Cc1ccc(Cl)cc1Cl)NCC. The lowest BCUT2D eigenvalue weighted by atomic mass is 9.86. The Balaban J connectivity index is 2.83. The van der Waals surface area contributed by atoms with E-state index in [1.165, 1.54) is 31.2 Å². The van der Waals surface area contributed by atoms with Gasteiger partial charge >= 0.3 is 0 Å². The van der Waals surface area contributed by atoms with Gasteiger partial charge in [0, 0.05) is 16.1 Å². The Hall–Kier alpha value is -0.240. The first-order valence-electron chi connectivity index (χ1n) is 7.79. The Morgan fingerprint density at radius 3 is 2.20 bits per heavy atom. The van der Waals surface area contributed by atoms with Gasteiger partial charge in [-0.25, -0.2) is 0 Å². The van der Waals surface area contributed by atoms with E-state index in [4.69, 9.17) is 23.2 Å². The van der Waals surface area contributed by atoms with Crippen LogP contribution < -0.4 is 5.32 Å². The quantitative estimate of drug-likeness (QED) is 0.613. The van der Waals surface area contributed by atoms with E-state index in [1.54, 1.807) is 0 Å². The fraction of sp³-hybridized carbons (Fsp3) is 0.647. The van der Waals surface area contributed by atoms with Gasteiger partial charge < -0.3 is 5.32 Å². The Labute approximate surface area is 134 Å². The summed E-state index contributed by atoms with van der Waals surface area (Å²) in [5.74, 6) is 0.719. The number of benzene rings is 1. The molecule has 0 spiro atoms. The van der Waals surface area contributed by atoms with Crippen molar-refractivity contribution in [2.24, 2.45) is 5.92 Å². The first-order valence-corrected chi connectivity index (χ1v) is 8.55. The summed E-state index contributed by atoms with van der Waals surface area (Å²) in [5.41, 5.74) is 1.19. The minimum absolute atomic E-state index is 0.499. The molecule has 0 aliphatic carbocycles. The van der Waals surface area contributed by atoms with Crippen LogP contribution in [0, 0.1) is 5.92 Å². The molecule has 3 heteroatoms. The molecule has 0 fully saturated rings. The fourth-order valence-electron chi connectivity index (χ4n) is 2.88. The monoisotopic (exact) mass is 315 g/mol. The van der Waals surface area contributed by atoms with Gasteiger partial charge in [0.05, 0.1) is 0 Å². The maximum atomic E-state index is 6.32. The van der Waals surface area contributed by atoms with Gasteiger partial charge in [-0.2, -0.15) is 0 Å². The van der Waals surface area contributed by atoms with Crippen molar-refractivity contribution in [2.75, 3.05) is 6.54 Å². The zero-order valence-corrected chi connectivity index (χ0v) is 14.4. The molecule has 1 aromatic carbocycles. The third kappa shape index (κ3) is 5.63. The Morgan fingerprint density at radius 2 is 1.70 bits per heavy atom. The van der Waals surface area contributed by atoms with Crippen molar-refractivity contribution in [1.82, 2.24) is 5.32 Å². The molecule has 0 bridgehead atoms. The average Bonchev–Trinajstić information content (AvgIpc) is 2.41. The van der Waals surface area contributed by atoms with Gasteiger partial charge in [0.15, 0.2) is 0 Å². The number of likely N-dealkylation sites (N-methyl/N-ethyl adjacent to an activating group) is 1. The third-order valence-electron chi connectivity index (χ3n) is 3.81. The molecular weight excluding hydrogens is 289 g/mol. The van der Waals surface area contributed by atoms with E-state index < -0.39 is 0 Å². The van der Waals surface area contributed by atoms with Crippen molar-refractivity contribution >= 4 is 23.2 Å². The van der Waals surface area contributed by atoms with Crippen molar-refractivity contribution < 1.29 is 0 Å². The molecule has 1 nitrogen and oxygen atoms in total. The van der Waals surface area contributed by atoms with Crippen molar-refractivity contribution in [3.8, 4) is 0 Å². The molecule has 20 heavy (non-hydrogen) atoms. The summed E-state index contributed by atoms with van der Waals surface area (Å²) >= 11 is 12.3. The van der Waals surface area contributed by atoms with Crippen LogP contribution in [0.15, 0.2) is 18.2 Å². The van der Waals surface area contributed by atoms with E-state index in [2.05, 4.69) is 32.2 Å². The van der Waals surface area contributed by atoms with Crippen LogP contribution in [0.3, 0.4) is 0 Å². The maximum Gasteiger partial charge on any atom is 0.0453 e. The molecule has 0 aliphatic heterocycles. The molecule has 0 saturated heterocycles.